The Bertz CT molecular complexity index is 3910. The molecule has 0 radical (unpaired) electrons. The highest BCUT2D eigenvalue weighted by Crippen LogP contribution is 2.49. The van der Waals surface area contributed by atoms with Gasteiger partial charge in [-0.15, -0.1) is 0 Å². The third-order valence-electron chi connectivity index (χ3n) is 14.0. The summed E-state index contributed by atoms with van der Waals surface area (Å²) >= 11 is 0. The maximum absolute atomic E-state index is 6.75. The highest BCUT2D eigenvalue weighted by Gasteiger charge is 2.26. The molecule has 3 nitrogen and oxygen atoms in total. The van der Waals surface area contributed by atoms with Crippen LogP contribution in [0.15, 0.2) is 221 Å². The fourth-order valence-electron chi connectivity index (χ4n) is 10.3. The smallest absolute Gasteiger partial charge is 0.143 e. The molecule has 334 valence electrons. The van der Waals surface area contributed by atoms with Crippen molar-refractivity contribution < 1.29 is 8.83 Å². The van der Waals surface area contributed by atoms with E-state index >= 15 is 0 Å². The highest BCUT2D eigenvalue weighted by molar-refractivity contribution is 6.12. The van der Waals surface area contributed by atoms with Gasteiger partial charge in [0.15, 0.2) is 0 Å². The standard InChI is InChI=1S/C66H53NO2/c1-65(2,3)46-37-45(38-47(41-46)66(4,5)6)49-27-16-19-42-20-17-28-55(63(42)49)50-23-7-11-31-58(50)67(48-22-15-21-43(39-48)44-35-36-54-52-25-9-13-33-60(52)68-62(54)40-44)59-32-12-8-24-51(59)56-29-18-30-57-53-26-10-14-34-61(53)69-64(56)57/h7-41H,1-6H3. The van der Waals surface area contributed by atoms with Crippen LogP contribution in [0.4, 0.5) is 17.1 Å². The Morgan fingerprint density at radius 3 is 1.54 bits per heavy atom. The predicted molar refractivity (Wildman–Crippen MR) is 292 cm³/mol. The van der Waals surface area contributed by atoms with Crippen LogP contribution in [-0.2, 0) is 10.8 Å². The first-order valence-electron chi connectivity index (χ1n) is 24.1. The number of fused-ring (bicyclic) bond motifs is 7. The molecule has 0 fully saturated rings. The second-order valence-corrected chi connectivity index (χ2v) is 20.5. The van der Waals surface area contributed by atoms with Crippen LogP contribution in [-0.4, -0.2) is 0 Å². The molecule has 0 unspecified atom stereocenters. The Morgan fingerprint density at radius 1 is 0.333 bits per heavy atom. The molecular formula is C66H53NO2. The second kappa shape index (κ2) is 16.3. The fraction of sp³-hybridized carbons (Fsp3) is 0.121. The second-order valence-electron chi connectivity index (χ2n) is 20.5. The molecular weight excluding hydrogens is 839 g/mol. The Labute approximate surface area is 403 Å². The summed E-state index contributed by atoms with van der Waals surface area (Å²) in [5.74, 6) is 0. The summed E-state index contributed by atoms with van der Waals surface area (Å²) in [4.78, 5) is 2.45. The van der Waals surface area contributed by atoms with Gasteiger partial charge in [0.1, 0.15) is 22.3 Å². The molecule has 0 atom stereocenters. The van der Waals surface area contributed by atoms with Crippen LogP contribution in [0.1, 0.15) is 52.7 Å². The van der Waals surface area contributed by atoms with Gasteiger partial charge in [-0.25, -0.2) is 0 Å². The molecule has 0 bridgehead atoms. The van der Waals surface area contributed by atoms with E-state index in [0.29, 0.717) is 0 Å². The van der Waals surface area contributed by atoms with Gasteiger partial charge in [0.25, 0.3) is 0 Å². The summed E-state index contributed by atoms with van der Waals surface area (Å²) in [5, 5.41) is 6.87. The molecule has 0 aliphatic heterocycles. The first kappa shape index (κ1) is 42.2. The van der Waals surface area contributed by atoms with Crippen molar-refractivity contribution in [3.05, 3.63) is 223 Å². The molecule has 0 saturated carbocycles. The average Bonchev–Trinajstić information content (AvgIpc) is 3.94. The van der Waals surface area contributed by atoms with Crippen molar-refractivity contribution in [1.29, 1.82) is 0 Å². The lowest BCUT2D eigenvalue weighted by Crippen LogP contribution is -2.16. The summed E-state index contributed by atoms with van der Waals surface area (Å²) in [7, 11) is 0. The van der Waals surface area contributed by atoms with E-state index in [1.165, 1.54) is 38.6 Å². The van der Waals surface area contributed by atoms with Gasteiger partial charge in [-0.05, 0) is 109 Å². The first-order valence-corrected chi connectivity index (χ1v) is 24.1. The van der Waals surface area contributed by atoms with E-state index in [0.717, 1.165) is 88.8 Å². The van der Waals surface area contributed by atoms with Crippen molar-refractivity contribution in [1.82, 2.24) is 0 Å². The van der Waals surface area contributed by atoms with Gasteiger partial charge in [0.2, 0.25) is 0 Å². The number of benzene rings is 10. The van der Waals surface area contributed by atoms with Gasteiger partial charge < -0.3 is 13.7 Å². The van der Waals surface area contributed by atoms with E-state index in [-0.39, 0.29) is 10.8 Å². The van der Waals surface area contributed by atoms with Crippen LogP contribution in [0.25, 0.3) is 99.2 Å². The topological polar surface area (TPSA) is 29.5 Å². The largest absolute Gasteiger partial charge is 0.456 e. The predicted octanol–water partition coefficient (Wildman–Crippen LogP) is 19.4. The number of anilines is 3. The average molecular weight is 892 g/mol. The van der Waals surface area contributed by atoms with E-state index < -0.39 is 0 Å². The molecule has 12 aromatic rings. The van der Waals surface area contributed by atoms with Gasteiger partial charge in [-0.1, -0.05) is 205 Å². The molecule has 10 aromatic carbocycles. The van der Waals surface area contributed by atoms with E-state index in [1.807, 2.05) is 18.2 Å². The maximum Gasteiger partial charge on any atom is 0.143 e. The monoisotopic (exact) mass is 891 g/mol. The van der Waals surface area contributed by atoms with Crippen LogP contribution in [0, 0.1) is 0 Å². The molecule has 2 heterocycles. The van der Waals surface area contributed by atoms with E-state index in [9.17, 15) is 0 Å². The molecule has 0 spiro atoms. The van der Waals surface area contributed by atoms with Crippen molar-refractivity contribution in [3.63, 3.8) is 0 Å². The zero-order valence-electron chi connectivity index (χ0n) is 40.0. The Balaban J connectivity index is 1.10. The number of nitrogens with zero attached hydrogens (tertiary/aromatic N) is 1. The molecule has 0 saturated heterocycles. The minimum Gasteiger partial charge on any atom is -0.456 e. The third kappa shape index (κ3) is 7.37. The summed E-state index contributed by atoms with van der Waals surface area (Å²) in [6, 6.07) is 77.1. The van der Waals surface area contributed by atoms with E-state index in [1.54, 1.807) is 0 Å². The first-order chi connectivity index (χ1) is 33.5. The SMILES string of the molecule is CC(C)(C)c1cc(-c2cccc3cccc(-c4ccccc4N(c4cccc(-c5ccc6c(c5)oc5ccccc56)c4)c4ccccc4-c4cccc5c4oc4ccccc45)c23)cc(C(C)(C)C)c1. The normalized spacial score (nSPS) is 12.2. The molecule has 2 aromatic heterocycles. The van der Waals surface area contributed by atoms with Crippen LogP contribution in [0.2, 0.25) is 0 Å². The Hall–Kier alpha value is -8.14. The van der Waals surface area contributed by atoms with Crippen LogP contribution < -0.4 is 4.90 Å². The van der Waals surface area contributed by atoms with Gasteiger partial charge in [-0.3, -0.25) is 0 Å². The molecule has 3 heteroatoms. The summed E-state index contributed by atoms with van der Waals surface area (Å²) in [6.07, 6.45) is 0. The lowest BCUT2D eigenvalue weighted by atomic mass is 9.78. The van der Waals surface area contributed by atoms with Crippen molar-refractivity contribution in [2.75, 3.05) is 4.90 Å². The van der Waals surface area contributed by atoms with Crippen LogP contribution in [0.3, 0.4) is 0 Å². The lowest BCUT2D eigenvalue weighted by molar-refractivity contribution is 0.569. The van der Waals surface area contributed by atoms with Gasteiger partial charge in [0, 0.05) is 43.9 Å². The Kier molecular flexibility index (Phi) is 9.97. The number of hydrogen-bond donors (Lipinski definition) is 0. The van der Waals surface area contributed by atoms with Crippen molar-refractivity contribution in [2.24, 2.45) is 0 Å². The van der Waals surface area contributed by atoms with E-state index in [4.69, 9.17) is 8.83 Å². The van der Waals surface area contributed by atoms with Crippen LogP contribution >= 0.6 is 0 Å². The Morgan fingerprint density at radius 2 is 0.841 bits per heavy atom. The lowest BCUT2D eigenvalue weighted by Gasteiger charge is -2.30. The third-order valence-corrected chi connectivity index (χ3v) is 14.0. The van der Waals surface area contributed by atoms with Gasteiger partial charge >= 0.3 is 0 Å². The highest BCUT2D eigenvalue weighted by atomic mass is 16.3. The van der Waals surface area contributed by atoms with Crippen molar-refractivity contribution >= 4 is 71.7 Å². The summed E-state index contributed by atoms with van der Waals surface area (Å²) in [6.45, 7) is 13.9. The fourth-order valence-corrected chi connectivity index (χ4v) is 10.3. The molecule has 69 heavy (non-hydrogen) atoms. The zero-order chi connectivity index (χ0) is 47.0. The molecule has 0 amide bonds. The minimum absolute atomic E-state index is 0.0248. The minimum atomic E-state index is -0.0248. The molecule has 12 rings (SSSR count). The summed E-state index contributed by atoms with van der Waals surface area (Å²) < 4.78 is 13.2. The number of para-hydroxylation sites is 5. The number of hydrogen-bond acceptors (Lipinski definition) is 3. The number of furan rings is 2. The molecule has 0 N–H and O–H groups in total. The summed E-state index contributed by atoms with van der Waals surface area (Å²) in [5.41, 5.74) is 18.3. The van der Waals surface area contributed by atoms with Gasteiger partial charge in [-0.2, -0.15) is 0 Å². The van der Waals surface area contributed by atoms with Gasteiger partial charge in [0.05, 0.1) is 11.4 Å². The quantitative estimate of drug-likeness (QED) is 0.160. The van der Waals surface area contributed by atoms with Crippen molar-refractivity contribution in [3.8, 4) is 44.5 Å². The maximum atomic E-state index is 6.75. The molecule has 0 aliphatic carbocycles. The number of rotatable bonds is 7. The van der Waals surface area contributed by atoms with Crippen molar-refractivity contribution in [2.45, 2.75) is 52.4 Å². The molecule has 0 aliphatic rings. The zero-order valence-corrected chi connectivity index (χ0v) is 40.0. The van der Waals surface area contributed by atoms with E-state index in [2.05, 4.69) is 241 Å². The van der Waals surface area contributed by atoms with Crippen LogP contribution in [0.5, 0.6) is 0 Å².